The van der Waals surface area contributed by atoms with Crippen LogP contribution in [0.2, 0.25) is 0 Å². The highest BCUT2D eigenvalue weighted by molar-refractivity contribution is 7.99. The van der Waals surface area contributed by atoms with Crippen molar-refractivity contribution in [1.29, 1.82) is 0 Å². The van der Waals surface area contributed by atoms with E-state index in [1.807, 2.05) is 25.0 Å². The van der Waals surface area contributed by atoms with Crippen molar-refractivity contribution < 1.29 is 0 Å². The standard InChI is InChI=1S/C11H17N3S/c1-8-7-13-11(12-2)14-10(8)15-9-5-3-4-6-9/h7,9H,3-6H2,1-2H3,(H,12,13,14). The van der Waals surface area contributed by atoms with Gasteiger partial charge in [-0.15, -0.1) is 11.8 Å². The third kappa shape index (κ3) is 2.62. The minimum Gasteiger partial charge on any atom is -0.357 e. The first-order valence-corrected chi connectivity index (χ1v) is 6.35. The minimum absolute atomic E-state index is 0.723. The van der Waals surface area contributed by atoms with E-state index in [4.69, 9.17) is 0 Å². The molecule has 2 rings (SSSR count). The van der Waals surface area contributed by atoms with Crippen LogP contribution in [0.1, 0.15) is 31.2 Å². The molecular formula is C11H17N3S. The second-order valence-electron chi connectivity index (χ2n) is 3.96. The molecule has 0 aromatic carbocycles. The summed E-state index contributed by atoms with van der Waals surface area (Å²) in [4.78, 5) is 8.69. The van der Waals surface area contributed by atoms with E-state index in [2.05, 4.69) is 22.2 Å². The topological polar surface area (TPSA) is 37.8 Å². The zero-order chi connectivity index (χ0) is 10.7. The SMILES string of the molecule is CNc1ncc(C)c(SC2CCCC2)n1. The lowest BCUT2D eigenvalue weighted by atomic mass is 10.4. The first-order chi connectivity index (χ1) is 7.29. The molecule has 1 N–H and O–H groups in total. The van der Waals surface area contributed by atoms with E-state index in [1.54, 1.807) is 0 Å². The molecule has 1 aromatic heterocycles. The first-order valence-electron chi connectivity index (χ1n) is 5.47. The highest BCUT2D eigenvalue weighted by Crippen LogP contribution is 2.35. The Balaban J connectivity index is 2.11. The molecule has 0 radical (unpaired) electrons. The Kier molecular flexibility index (Phi) is 3.46. The van der Waals surface area contributed by atoms with Gasteiger partial charge in [0.05, 0.1) is 0 Å². The van der Waals surface area contributed by atoms with Crippen LogP contribution in [0.3, 0.4) is 0 Å². The summed E-state index contributed by atoms with van der Waals surface area (Å²) in [7, 11) is 1.86. The third-order valence-corrected chi connectivity index (χ3v) is 4.17. The summed E-state index contributed by atoms with van der Waals surface area (Å²) in [6.45, 7) is 2.08. The molecule has 1 fully saturated rings. The number of anilines is 1. The van der Waals surface area contributed by atoms with Gasteiger partial charge in [0, 0.05) is 18.5 Å². The van der Waals surface area contributed by atoms with E-state index in [-0.39, 0.29) is 0 Å². The van der Waals surface area contributed by atoms with Gasteiger partial charge in [0.15, 0.2) is 0 Å². The summed E-state index contributed by atoms with van der Waals surface area (Å²) in [5.41, 5.74) is 1.19. The molecule has 1 saturated carbocycles. The predicted octanol–water partition coefficient (Wildman–Crippen LogP) is 2.86. The fourth-order valence-electron chi connectivity index (χ4n) is 1.83. The van der Waals surface area contributed by atoms with Crippen LogP contribution in [0, 0.1) is 6.92 Å². The van der Waals surface area contributed by atoms with Crippen LogP contribution >= 0.6 is 11.8 Å². The Morgan fingerprint density at radius 3 is 2.80 bits per heavy atom. The van der Waals surface area contributed by atoms with Crippen LogP contribution in [0.15, 0.2) is 11.2 Å². The van der Waals surface area contributed by atoms with Crippen LogP contribution < -0.4 is 5.32 Å². The highest BCUT2D eigenvalue weighted by Gasteiger charge is 2.18. The van der Waals surface area contributed by atoms with Gasteiger partial charge >= 0.3 is 0 Å². The Morgan fingerprint density at radius 1 is 1.40 bits per heavy atom. The zero-order valence-electron chi connectivity index (χ0n) is 9.29. The Bertz CT molecular complexity index is 335. The second-order valence-corrected chi connectivity index (χ2v) is 5.25. The van der Waals surface area contributed by atoms with E-state index < -0.39 is 0 Å². The maximum absolute atomic E-state index is 4.50. The van der Waals surface area contributed by atoms with Gasteiger partial charge in [-0.25, -0.2) is 9.97 Å². The normalized spacial score (nSPS) is 16.9. The molecule has 15 heavy (non-hydrogen) atoms. The molecule has 1 aliphatic carbocycles. The van der Waals surface area contributed by atoms with Gasteiger partial charge in [-0.1, -0.05) is 12.8 Å². The lowest BCUT2D eigenvalue weighted by molar-refractivity contribution is 0.886. The Hall–Kier alpha value is -0.770. The van der Waals surface area contributed by atoms with Crippen molar-refractivity contribution in [2.24, 2.45) is 0 Å². The van der Waals surface area contributed by atoms with E-state index >= 15 is 0 Å². The summed E-state index contributed by atoms with van der Waals surface area (Å²) in [5, 5.41) is 4.89. The van der Waals surface area contributed by atoms with Gasteiger partial charge < -0.3 is 5.32 Å². The largest absolute Gasteiger partial charge is 0.357 e. The molecule has 4 heteroatoms. The van der Waals surface area contributed by atoms with Gasteiger partial charge in [0.2, 0.25) is 5.95 Å². The molecule has 0 bridgehead atoms. The number of aryl methyl sites for hydroxylation is 1. The summed E-state index contributed by atoms with van der Waals surface area (Å²) < 4.78 is 0. The molecule has 0 amide bonds. The summed E-state index contributed by atoms with van der Waals surface area (Å²) in [5.74, 6) is 0.723. The number of rotatable bonds is 3. The fourth-order valence-corrected chi connectivity index (χ4v) is 3.09. The third-order valence-electron chi connectivity index (χ3n) is 2.73. The van der Waals surface area contributed by atoms with Gasteiger partial charge in [-0.05, 0) is 25.3 Å². The molecule has 3 nitrogen and oxygen atoms in total. The van der Waals surface area contributed by atoms with E-state index in [0.29, 0.717) is 0 Å². The number of aromatic nitrogens is 2. The molecule has 0 saturated heterocycles. The maximum atomic E-state index is 4.50. The molecule has 1 aliphatic rings. The average Bonchev–Trinajstić information content (AvgIpc) is 2.74. The van der Waals surface area contributed by atoms with Crippen LogP contribution in [-0.4, -0.2) is 22.3 Å². The van der Waals surface area contributed by atoms with E-state index in [0.717, 1.165) is 16.2 Å². The van der Waals surface area contributed by atoms with E-state index in [1.165, 1.54) is 31.2 Å². The molecule has 1 heterocycles. The molecule has 1 aromatic rings. The van der Waals surface area contributed by atoms with Gasteiger partial charge in [-0.3, -0.25) is 0 Å². The lowest BCUT2D eigenvalue weighted by Crippen LogP contribution is -2.01. The van der Waals surface area contributed by atoms with Crippen molar-refractivity contribution in [1.82, 2.24) is 9.97 Å². The molecule has 0 unspecified atom stereocenters. The Labute approximate surface area is 95.1 Å². The van der Waals surface area contributed by atoms with Crippen LogP contribution in [-0.2, 0) is 0 Å². The van der Waals surface area contributed by atoms with E-state index in [9.17, 15) is 0 Å². The van der Waals surface area contributed by atoms with Crippen LogP contribution in [0.25, 0.3) is 0 Å². The molecule has 0 aliphatic heterocycles. The second kappa shape index (κ2) is 4.84. The smallest absolute Gasteiger partial charge is 0.223 e. The fraction of sp³-hybridized carbons (Fsp3) is 0.636. The van der Waals surface area contributed by atoms with Crippen LogP contribution in [0.5, 0.6) is 0 Å². The average molecular weight is 223 g/mol. The van der Waals surface area contributed by atoms with Gasteiger partial charge in [0.25, 0.3) is 0 Å². The molecule has 0 atom stereocenters. The summed E-state index contributed by atoms with van der Waals surface area (Å²) in [6.07, 6.45) is 7.32. The number of hydrogen-bond acceptors (Lipinski definition) is 4. The number of thioether (sulfide) groups is 1. The summed E-state index contributed by atoms with van der Waals surface area (Å²) >= 11 is 1.92. The molecular weight excluding hydrogens is 206 g/mol. The predicted molar refractivity (Wildman–Crippen MR) is 64.4 cm³/mol. The van der Waals surface area contributed by atoms with Crippen molar-refractivity contribution in [3.05, 3.63) is 11.8 Å². The van der Waals surface area contributed by atoms with Crippen molar-refractivity contribution in [2.45, 2.75) is 42.9 Å². The highest BCUT2D eigenvalue weighted by atomic mass is 32.2. The van der Waals surface area contributed by atoms with Gasteiger partial charge in [0.1, 0.15) is 5.03 Å². The van der Waals surface area contributed by atoms with Crippen molar-refractivity contribution >= 4 is 17.7 Å². The zero-order valence-corrected chi connectivity index (χ0v) is 10.1. The maximum Gasteiger partial charge on any atom is 0.223 e. The number of nitrogens with zero attached hydrogens (tertiary/aromatic N) is 2. The molecule has 82 valence electrons. The first kappa shape index (κ1) is 10.7. The minimum atomic E-state index is 0.723. The number of nitrogens with one attached hydrogen (secondary N) is 1. The van der Waals surface area contributed by atoms with Crippen molar-refractivity contribution in [2.75, 3.05) is 12.4 Å². The van der Waals surface area contributed by atoms with Crippen molar-refractivity contribution in [3.8, 4) is 0 Å². The quantitative estimate of drug-likeness (QED) is 0.800. The van der Waals surface area contributed by atoms with Gasteiger partial charge in [-0.2, -0.15) is 0 Å². The molecule has 0 spiro atoms. The Morgan fingerprint density at radius 2 is 2.13 bits per heavy atom. The lowest BCUT2D eigenvalue weighted by Gasteiger charge is -2.10. The van der Waals surface area contributed by atoms with Crippen molar-refractivity contribution in [3.63, 3.8) is 0 Å². The monoisotopic (exact) mass is 223 g/mol. The summed E-state index contributed by atoms with van der Waals surface area (Å²) in [6, 6.07) is 0. The van der Waals surface area contributed by atoms with Crippen LogP contribution in [0.4, 0.5) is 5.95 Å². The number of hydrogen-bond donors (Lipinski definition) is 1.